The summed E-state index contributed by atoms with van der Waals surface area (Å²) in [5.74, 6) is 0.321. The maximum Gasteiger partial charge on any atom is 0.333 e. The fourth-order valence-electron chi connectivity index (χ4n) is 3.91. The quantitative estimate of drug-likeness (QED) is 0.174. The summed E-state index contributed by atoms with van der Waals surface area (Å²) in [4.78, 5) is 13.9. The molecule has 0 heterocycles. The molecule has 0 amide bonds. The lowest BCUT2D eigenvalue weighted by Gasteiger charge is -2.26. The highest BCUT2D eigenvalue weighted by Crippen LogP contribution is 2.36. The summed E-state index contributed by atoms with van der Waals surface area (Å²) in [5.41, 5.74) is 8.39. The van der Waals surface area contributed by atoms with Crippen molar-refractivity contribution >= 4 is 23.0 Å². The third-order valence-electron chi connectivity index (χ3n) is 6.04. The fourth-order valence-corrected chi connectivity index (χ4v) is 3.91. The molecule has 0 saturated carbocycles. The van der Waals surface area contributed by atoms with E-state index in [4.69, 9.17) is 9.47 Å². The van der Waals surface area contributed by atoms with E-state index in [1.807, 2.05) is 24.3 Å². The van der Waals surface area contributed by atoms with Gasteiger partial charge >= 0.3 is 5.97 Å². The van der Waals surface area contributed by atoms with E-state index in [0.29, 0.717) is 5.57 Å². The highest BCUT2D eigenvalue weighted by atomic mass is 16.6. The van der Waals surface area contributed by atoms with Gasteiger partial charge in [-0.15, -0.1) is 0 Å². The predicted octanol–water partition coefficient (Wildman–Crippen LogP) is 8.33. The van der Waals surface area contributed by atoms with Crippen LogP contribution >= 0.6 is 0 Å². The Bertz CT molecular complexity index is 1290. The molecule has 37 heavy (non-hydrogen) atoms. The zero-order chi connectivity index (χ0) is 26.4. The van der Waals surface area contributed by atoms with Gasteiger partial charge in [0.25, 0.3) is 0 Å². The van der Waals surface area contributed by atoms with Crippen molar-refractivity contribution < 1.29 is 14.3 Å². The average Bonchev–Trinajstić information content (AvgIpc) is 2.90. The molecular formula is C33H33NO3. The number of hydrogen-bond acceptors (Lipinski definition) is 4. The number of rotatable bonds is 9. The number of hydrogen-bond donors (Lipinski definition) is 0. The highest BCUT2D eigenvalue weighted by Gasteiger charge is 2.13. The van der Waals surface area contributed by atoms with Crippen molar-refractivity contribution in [2.24, 2.45) is 0 Å². The standard InChI is InChI=1S/C33H33NO3/c1-23(2)33(35)37-26(5)22-36-32-20-12-28(13-21-32)27-10-18-31(19-11-27)34(29-14-6-24(3)7-15-29)30-16-8-25(4)9-17-30/h6-21,26H,1,22H2,2-5H3. The van der Waals surface area contributed by atoms with Crippen LogP contribution in [0.15, 0.2) is 109 Å². The lowest BCUT2D eigenvalue weighted by Crippen LogP contribution is -2.22. The molecule has 0 spiro atoms. The van der Waals surface area contributed by atoms with Gasteiger partial charge in [0.15, 0.2) is 0 Å². The molecule has 0 radical (unpaired) electrons. The number of benzene rings is 4. The summed E-state index contributed by atoms with van der Waals surface area (Å²) < 4.78 is 11.1. The van der Waals surface area contributed by atoms with Crippen LogP contribution in [0.1, 0.15) is 25.0 Å². The molecule has 0 fully saturated rings. The van der Waals surface area contributed by atoms with E-state index in [1.165, 1.54) is 11.1 Å². The van der Waals surface area contributed by atoms with Gasteiger partial charge in [-0.2, -0.15) is 0 Å². The Morgan fingerprint density at radius 3 is 1.57 bits per heavy atom. The zero-order valence-electron chi connectivity index (χ0n) is 21.9. The number of carbonyl (C=O) groups is 1. The van der Waals surface area contributed by atoms with E-state index in [1.54, 1.807) is 13.8 Å². The minimum Gasteiger partial charge on any atom is -0.490 e. The fraction of sp³-hybridized carbons (Fsp3) is 0.182. The third-order valence-corrected chi connectivity index (χ3v) is 6.04. The summed E-state index contributed by atoms with van der Waals surface area (Å²) in [6, 6.07) is 33.7. The monoisotopic (exact) mass is 491 g/mol. The van der Waals surface area contributed by atoms with Crippen molar-refractivity contribution in [3.63, 3.8) is 0 Å². The average molecular weight is 492 g/mol. The van der Waals surface area contributed by atoms with Crippen LogP contribution in [0.25, 0.3) is 11.1 Å². The van der Waals surface area contributed by atoms with Crippen LogP contribution in [0.4, 0.5) is 17.1 Å². The van der Waals surface area contributed by atoms with E-state index < -0.39 is 5.97 Å². The summed E-state index contributed by atoms with van der Waals surface area (Å²) in [6.45, 7) is 11.5. The topological polar surface area (TPSA) is 38.8 Å². The molecule has 1 unspecified atom stereocenters. The molecule has 0 aromatic heterocycles. The number of ether oxygens (including phenoxy) is 2. The smallest absolute Gasteiger partial charge is 0.333 e. The first-order valence-corrected chi connectivity index (χ1v) is 12.4. The number of carbonyl (C=O) groups excluding carboxylic acids is 1. The first kappa shape index (κ1) is 25.8. The molecule has 1 atom stereocenters. The SMILES string of the molecule is C=C(C)C(=O)OC(C)COc1ccc(-c2ccc(N(c3ccc(C)cc3)c3ccc(C)cc3)cc2)cc1. The van der Waals surface area contributed by atoms with Crippen molar-refractivity contribution in [2.45, 2.75) is 33.8 Å². The first-order chi connectivity index (χ1) is 17.8. The minimum absolute atomic E-state index is 0.279. The van der Waals surface area contributed by atoms with Crippen molar-refractivity contribution in [3.8, 4) is 16.9 Å². The first-order valence-electron chi connectivity index (χ1n) is 12.4. The molecule has 4 aromatic carbocycles. The normalized spacial score (nSPS) is 11.5. The Morgan fingerprint density at radius 2 is 1.14 bits per heavy atom. The van der Waals surface area contributed by atoms with Gasteiger partial charge in [-0.3, -0.25) is 0 Å². The van der Waals surface area contributed by atoms with E-state index in [-0.39, 0.29) is 12.7 Å². The molecule has 0 aliphatic heterocycles. The minimum atomic E-state index is -0.404. The van der Waals surface area contributed by atoms with Crippen LogP contribution in [0.2, 0.25) is 0 Å². The van der Waals surface area contributed by atoms with E-state index in [0.717, 1.165) is 33.9 Å². The predicted molar refractivity (Wildman–Crippen MR) is 152 cm³/mol. The molecule has 0 aliphatic rings. The highest BCUT2D eigenvalue weighted by molar-refractivity contribution is 5.87. The number of anilines is 3. The van der Waals surface area contributed by atoms with Gasteiger partial charge in [-0.25, -0.2) is 4.79 Å². The van der Waals surface area contributed by atoms with E-state index >= 15 is 0 Å². The van der Waals surface area contributed by atoms with Crippen LogP contribution in [0.5, 0.6) is 5.75 Å². The molecular weight excluding hydrogens is 458 g/mol. The molecule has 4 aromatic rings. The van der Waals surface area contributed by atoms with Crippen LogP contribution < -0.4 is 9.64 Å². The molecule has 4 heteroatoms. The maximum atomic E-state index is 11.6. The second kappa shape index (κ2) is 11.6. The van der Waals surface area contributed by atoms with Gasteiger partial charge in [0.1, 0.15) is 18.5 Å². The molecule has 188 valence electrons. The molecule has 0 bridgehead atoms. The van der Waals surface area contributed by atoms with Crippen LogP contribution in [-0.2, 0) is 9.53 Å². The van der Waals surface area contributed by atoms with Crippen molar-refractivity contribution in [3.05, 3.63) is 120 Å². The summed E-state index contributed by atoms with van der Waals surface area (Å²) >= 11 is 0. The molecule has 0 aliphatic carbocycles. The lowest BCUT2D eigenvalue weighted by atomic mass is 10.0. The Balaban J connectivity index is 1.49. The Kier molecular flexibility index (Phi) is 8.09. The molecule has 0 saturated heterocycles. The zero-order valence-corrected chi connectivity index (χ0v) is 21.9. The third kappa shape index (κ3) is 6.68. The molecule has 0 N–H and O–H groups in total. The van der Waals surface area contributed by atoms with Crippen molar-refractivity contribution in [2.75, 3.05) is 11.5 Å². The van der Waals surface area contributed by atoms with E-state index in [2.05, 4.69) is 98.1 Å². The van der Waals surface area contributed by atoms with Crippen molar-refractivity contribution in [1.82, 2.24) is 0 Å². The van der Waals surface area contributed by atoms with Crippen molar-refractivity contribution in [1.29, 1.82) is 0 Å². The maximum absolute atomic E-state index is 11.6. The second-order valence-electron chi connectivity index (χ2n) is 9.39. The number of esters is 1. The second-order valence-corrected chi connectivity index (χ2v) is 9.39. The Labute approximate surface area is 219 Å². The van der Waals surface area contributed by atoms with Crippen LogP contribution in [0.3, 0.4) is 0 Å². The van der Waals surface area contributed by atoms with Crippen LogP contribution in [0, 0.1) is 13.8 Å². The largest absolute Gasteiger partial charge is 0.490 e. The summed E-state index contributed by atoms with van der Waals surface area (Å²) in [6.07, 6.45) is -0.360. The molecule has 4 nitrogen and oxygen atoms in total. The van der Waals surface area contributed by atoms with Crippen LogP contribution in [-0.4, -0.2) is 18.7 Å². The number of nitrogens with zero attached hydrogens (tertiary/aromatic N) is 1. The Morgan fingerprint density at radius 1 is 0.730 bits per heavy atom. The van der Waals surface area contributed by atoms with Gasteiger partial charge in [0.2, 0.25) is 0 Å². The van der Waals surface area contributed by atoms with Gasteiger partial charge in [-0.05, 0) is 87.4 Å². The van der Waals surface area contributed by atoms with E-state index in [9.17, 15) is 4.79 Å². The Hall–Kier alpha value is -4.31. The van der Waals surface area contributed by atoms with Gasteiger partial charge in [0, 0.05) is 22.6 Å². The van der Waals surface area contributed by atoms with Gasteiger partial charge in [0.05, 0.1) is 0 Å². The van der Waals surface area contributed by atoms with Gasteiger partial charge in [-0.1, -0.05) is 66.2 Å². The van der Waals surface area contributed by atoms with Gasteiger partial charge < -0.3 is 14.4 Å². The lowest BCUT2D eigenvalue weighted by molar-refractivity contribution is -0.144. The summed E-state index contributed by atoms with van der Waals surface area (Å²) in [7, 11) is 0. The number of aryl methyl sites for hydroxylation is 2. The molecule has 4 rings (SSSR count). The summed E-state index contributed by atoms with van der Waals surface area (Å²) in [5, 5.41) is 0.